The van der Waals surface area contributed by atoms with Crippen LogP contribution in [0.3, 0.4) is 0 Å². The smallest absolute Gasteiger partial charge is 0.328 e. The van der Waals surface area contributed by atoms with E-state index in [2.05, 4.69) is 10.3 Å². The summed E-state index contributed by atoms with van der Waals surface area (Å²) in [6.07, 6.45) is 1.09. The number of nitrogens with one attached hydrogen (secondary N) is 2. The number of hydrogen-bond donors (Lipinski definition) is 3. The maximum absolute atomic E-state index is 12.2. The SMILES string of the molecule is CCn1c(=O)[nH]c2cc(C(=O)NCC3(C(=O)O)CC3)ccc2c1=O. The summed E-state index contributed by atoms with van der Waals surface area (Å²) in [4.78, 5) is 49.9. The van der Waals surface area contributed by atoms with Gasteiger partial charge in [-0.3, -0.25) is 19.0 Å². The third kappa shape index (κ3) is 2.60. The van der Waals surface area contributed by atoms with Crippen molar-refractivity contribution in [3.8, 4) is 0 Å². The van der Waals surface area contributed by atoms with Crippen molar-refractivity contribution in [2.75, 3.05) is 6.54 Å². The number of H-pyrrole nitrogens is 1. The van der Waals surface area contributed by atoms with E-state index in [0.717, 1.165) is 4.57 Å². The van der Waals surface area contributed by atoms with Crippen LogP contribution >= 0.6 is 0 Å². The zero-order valence-corrected chi connectivity index (χ0v) is 13.1. The molecule has 2 aromatic rings. The zero-order chi connectivity index (χ0) is 17.5. The van der Waals surface area contributed by atoms with Crippen molar-refractivity contribution < 1.29 is 14.7 Å². The maximum atomic E-state index is 12.2. The van der Waals surface area contributed by atoms with Crippen molar-refractivity contribution in [1.29, 1.82) is 0 Å². The molecule has 3 N–H and O–H groups in total. The quantitative estimate of drug-likeness (QED) is 0.728. The van der Waals surface area contributed by atoms with E-state index in [4.69, 9.17) is 5.11 Å². The molecule has 1 amide bonds. The summed E-state index contributed by atoms with van der Waals surface area (Å²) in [5.74, 6) is -1.35. The minimum absolute atomic E-state index is 0.0627. The number of benzene rings is 1. The van der Waals surface area contributed by atoms with Gasteiger partial charge < -0.3 is 15.4 Å². The van der Waals surface area contributed by atoms with E-state index in [1.807, 2.05) is 0 Å². The van der Waals surface area contributed by atoms with Crippen molar-refractivity contribution in [1.82, 2.24) is 14.9 Å². The largest absolute Gasteiger partial charge is 0.481 e. The van der Waals surface area contributed by atoms with Crippen molar-refractivity contribution in [3.63, 3.8) is 0 Å². The first-order valence-electron chi connectivity index (χ1n) is 7.66. The zero-order valence-electron chi connectivity index (χ0n) is 13.1. The van der Waals surface area contributed by atoms with Crippen LogP contribution in [0, 0.1) is 5.41 Å². The minimum atomic E-state index is -0.911. The maximum Gasteiger partial charge on any atom is 0.328 e. The molecular weight excluding hydrogens is 314 g/mol. The molecule has 8 nitrogen and oxygen atoms in total. The molecule has 1 aromatic heterocycles. The second-order valence-corrected chi connectivity index (χ2v) is 6.01. The highest BCUT2D eigenvalue weighted by Gasteiger charge is 2.50. The average Bonchev–Trinajstić information content (AvgIpc) is 3.34. The molecule has 1 saturated carbocycles. The van der Waals surface area contributed by atoms with Crippen LogP contribution in [-0.4, -0.2) is 33.1 Å². The van der Waals surface area contributed by atoms with Gasteiger partial charge in [-0.15, -0.1) is 0 Å². The number of amides is 1. The summed E-state index contributed by atoms with van der Waals surface area (Å²) in [7, 11) is 0. The third-order valence-electron chi connectivity index (χ3n) is 4.45. The van der Waals surface area contributed by atoms with Crippen LogP contribution in [-0.2, 0) is 11.3 Å². The Bertz CT molecular complexity index is 952. The monoisotopic (exact) mass is 331 g/mol. The molecule has 1 aliphatic carbocycles. The van der Waals surface area contributed by atoms with Gasteiger partial charge in [-0.05, 0) is 38.0 Å². The number of aromatic nitrogens is 2. The lowest BCUT2D eigenvalue weighted by atomic mass is 10.1. The Balaban J connectivity index is 1.88. The molecule has 1 aromatic carbocycles. The molecule has 126 valence electrons. The Hall–Kier alpha value is -2.90. The third-order valence-corrected chi connectivity index (χ3v) is 4.45. The van der Waals surface area contributed by atoms with Gasteiger partial charge in [0.25, 0.3) is 11.5 Å². The number of hydrogen-bond acceptors (Lipinski definition) is 4. The van der Waals surface area contributed by atoms with Gasteiger partial charge in [0.1, 0.15) is 0 Å². The number of carbonyl (C=O) groups is 2. The summed E-state index contributed by atoms with van der Waals surface area (Å²) in [6.45, 7) is 2.01. The van der Waals surface area contributed by atoms with Crippen LogP contribution < -0.4 is 16.6 Å². The predicted molar refractivity (Wildman–Crippen MR) is 86.1 cm³/mol. The van der Waals surface area contributed by atoms with E-state index in [9.17, 15) is 19.2 Å². The van der Waals surface area contributed by atoms with Crippen molar-refractivity contribution in [2.45, 2.75) is 26.3 Å². The van der Waals surface area contributed by atoms with Gasteiger partial charge in [-0.25, -0.2) is 4.79 Å². The second-order valence-electron chi connectivity index (χ2n) is 6.01. The topological polar surface area (TPSA) is 121 Å². The van der Waals surface area contributed by atoms with E-state index >= 15 is 0 Å². The summed E-state index contributed by atoms with van der Waals surface area (Å²) >= 11 is 0. The first kappa shape index (κ1) is 16.0. The Morgan fingerprint density at radius 2 is 2.04 bits per heavy atom. The number of fused-ring (bicyclic) bond motifs is 1. The van der Waals surface area contributed by atoms with Gasteiger partial charge in [0.05, 0.1) is 16.3 Å². The lowest BCUT2D eigenvalue weighted by Gasteiger charge is -2.11. The number of carboxylic acids is 1. The summed E-state index contributed by atoms with van der Waals surface area (Å²) in [5.41, 5.74) is -1.26. The lowest BCUT2D eigenvalue weighted by molar-refractivity contribution is -0.143. The van der Waals surface area contributed by atoms with Crippen LogP contribution in [0.2, 0.25) is 0 Å². The summed E-state index contributed by atoms with van der Waals surface area (Å²) < 4.78 is 1.08. The molecule has 24 heavy (non-hydrogen) atoms. The molecule has 1 fully saturated rings. The van der Waals surface area contributed by atoms with Crippen LogP contribution in [0.5, 0.6) is 0 Å². The fourth-order valence-electron chi connectivity index (χ4n) is 2.65. The first-order valence-corrected chi connectivity index (χ1v) is 7.66. The van der Waals surface area contributed by atoms with Crippen LogP contribution in [0.1, 0.15) is 30.1 Å². The number of aromatic amines is 1. The molecule has 0 saturated heterocycles. The normalized spacial score (nSPS) is 15.2. The van der Waals surface area contributed by atoms with Crippen molar-refractivity contribution in [2.24, 2.45) is 5.41 Å². The van der Waals surface area contributed by atoms with E-state index in [-0.39, 0.29) is 24.2 Å². The molecule has 0 atom stereocenters. The van der Waals surface area contributed by atoms with Crippen LogP contribution in [0.15, 0.2) is 27.8 Å². The highest BCUT2D eigenvalue weighted by Crippen LogP contribution is 2.45. The molecule has 8 heteroatoms. The van der Waals surface area contributed by atoms with Gasteiger partial charge in [0.15, 0.2) is 0 Å². The number of rotatable bonds is 5. The highest BCUT2D eigenvalue weighted by molar-refractivity contribution is 5.98. The number of aliphatic carboxylic acids is 1. The van der Waals surface area contributed by atoms with E-state index < -0.39 is 28.5 Å². The Morgan fingerprint density at radius 3 is 2.62 bits per heavy atom. The Morgan fingerprint density at radius 1 is 1.33 bits per heavy atom. The molecular formula is C16H17N3O5. The molecule has 0 radical (unpaired) electrons. The van der Waals surface area contributed by atoms with E-state index in [0.29, 0.717) is 18.2 Å². The fraction of sp³-hybridized carbons (Fsp3) is 0.375. The lowest BCUT2D eigenvalue weighted by Crippen LogP contribution is -2.35. The van der Waals surface area contributed by atoms with Crippen LogP contribution in [0.25, 0.3) is 10.9 Å². The van der Waals surface area contributed by atoms with Gasteiger partial charge in [0.2, 0.25) is 0 Å². The molecule has 0 unspecified atom stereocenters. The van der Waals surface area contributed by atoms with E-state index in [1.54, 1.807) is 6.92 Å². The molecule has 0 bridgehead atoms. The standard InChI is InChI=1S/C16H17N3O5/c1-2-19-13(21)10-4-3-9(7-11(10)18-15(19)24)12(20)17-8-16(5-6-16)14(22)23/h3-4,7H,2,5-6,8H2,1H3,(H,17,20)(H,18,24)(H,22,23). The molecule has 0 aliphatic heterocycles. The fourth-order valence-corrected chi connectivity index (χ4v) is 2.65. The average molecular weight is 331 g/mol. The number of nitrogens with zero attached hydrogens (tertiary/aromatic N) is 1. The van der Waals surface area contributed by atoms with E-state index in [1.165, 1.54) is 18.2 Å². The molecule has 0 spiro atoms. The highest BCUT2D eigenvalue weighted by atomic mass is 16.4. The van der Waals surface area contributed by atoms with Gasteiger partial charge in [0, 0.05) is 18.7 Å². The molecule has 1 heterocycles. The van der Waals surface area contributed by atoms with Gasteiger partial charge in [-0.2, -0.15) is 0 Å². The molecule has 3 rings (SSSR count). The molecule has 1 aliphatic rings. The van der Waals surface area contributed by atoms with Crippen molar-refractivity contribution >= 4 is 22.8 Å². The Kier molecular flexibility index (Phi) is 3.75. The first-order chi connectivity index (χ1) is 11.4. The Labute approximate surface area is 136 Å². The summed E-state index contributed by atoms with van der Waals surface area (Å²) in [5, 5.41) is 12.0. The number of carboxylic acid groups (broad SMARTS) is 1. The predicted octanol–water partition coefficient (Wildman–Crippen LogP) is 0.304. The van der Waals surface area contributed by atoms with Crippen molar-refractivity contribution in [3.05, 3.63) is 44.6 Å². The number of carbonyl (C=O) groups excluding carboxylic acids is 1. The second kappa shape index (κ2) is 5.63. The van der Waals surface area contributed by atoms with Crippen LogP contribution in [0.4, 0.5) is 0 Å². The summed E-state index contributed by atoms with van der Waals surface area (Å²) in [6, 6.07) is 4.39. The minimum Gasteiger partial charge on any atom is -0.481 e. The van der Waals surface area contributed by atoms with Gasteiger partial charge >= 0.3 is 11.7 Å². The van der Waals surface area contributed by atoms with Gasteiger partial charge in [-0.1, -0.05) is 0 Å².